The molecule has 4 heteroatoms. The summed E-state index contributed by atoms with van der Waals surface area (Å²) in [7, 11) is 0. The molecular weight excluding hydrogens is 214 g/mol. The van der Waals surface area contributed by atoms with Crippen LogP contribution in [0.3, 0.4) is 0 Å². The minimum Gasteiger partial charge on any atom is -0.336 e. The van der Waals surface area contributed by atoms with Crippen LogP contribution in [-0.2, 0) is 4.79 Å². The Morgan fingerprint density at radius 1 is 1.47 bits per heavy atom. The van der Waals surface area contributed by atoms with Crippen molar-refractivity contribution in [2.24, 2.45) is 5.73 Å². The van der Waals surface area contributed by atoms with Crippen LogP contribution in [0.5, 0.6) is 0 Å². The molecule has 0 aromatic heterocycles. The zero-order valence-electron chi connectivity index (χ0n) is 11.3. The third-order valence-electron chi connectivity index (χ3n) is 4.42. The van der Waals surface area contributed by atoms with E-state index < -0.39 is 5.54 Å². The maximum absolute atomic E-state index is 12.4. The number of rotatable bonds is 2. The van der Waals surface area contributed by atoms with Crippen LogP contribution in [0.15, 0.2) is 0 Å². The van der Waals surface area contributed by atoms with Gasteiger partial charge in [0, 0.05) is 25.2 Å². The number of carbonyl (C=O) groups is 1. The smallest absolute Gasteiger partial charge is 0.242 e. The van der Waals surface area contributed by atoms with Crippen molar-refractivity contribution < 1.29 is 4.79 Å². The van der Waals surface area contributed by atoms with Gasteiger partial charge in [-0.2, -0.15) is 0 Å². The highest BCUT2D eigenvalue weighted by atomic mass is 16.2. The summed E-state index contributed by atoms with van der Waals surface area (Å²) in [5, 5.41) is 0. The van der Waals surface area contributed by atoms with Crippen molar-refractivity contribution in [3.63, 3.8) is 0 Å². The van der Waals surface area contributed by atoms with Gasteiger partial charge in [-0.25, -0.2) is 0 Å². The van der Waals surface area contributed by atoms with E-state index in [4.69, 9.17) is 5.73 Å². The molecule has 3 unspecified atom stereocenters. The van der Waals surface area contributed by atoms with Crippen LogP contribution >= 0.6 is 0 Å². The molecule has 2 fully saturated rings. The Morgan fingerprint density at radius 3 is 2.82 bits per heavy atom. The minimum absolute atomic E-state index is 0.124. The van der Waals surface area contributed by atoms with E-state index in [0.29, 0.717) is 18.5 Å². The van der Waals surface area contributed by atoms with E-state index >= 15 is 0 Å². The van der Waals surface area contributed by atoms with Crippen molar-refractivity contribution >= 4 is 5.91 Å². The number of nitrogens with two attached hydrogens (primary N) is 1. The highest BCUT2D eigenvalue weighted by Crippen LogP contribution is 2.26. The Hall–Kier alpha value is -0.610. The van der Waals surface area contributed by atoms with E-state index in [2.05, 4.69) is 11.8 Å². The van der Waals surface area contributed by atoms with Gasteiger partial charge < -0.3 is 10.6 Å². The van der Waals surface area contributed by atoms with E-state index in [1.54, 1.807) is 0 Å². The predicted octanol–water partition coefficient (Wildman–Crippen LogP) is 0.809. The molecule has 0 aromatic rings. The fourth-order valence-electron chi connectivity index (χ4n) is 2.95. The second-order valence-corrected chi connectivity index (χ2v) is 5.87. The van der Waals surface area contributed by atoms with Gasteiger partial charge in [0.15, 0.2) is 0 Å². The summed E-state index contributed by atoms with van der Waals surface area (Å²) >= 11 is 0. The largest absolute Gasteiger partial charge is 0.336 e. The van der Waals surface area contributed by atoms with Crippen LogP contribution in [0.1, 0.15) is 40.0 Å². The Morgan fingerprint density at radius 2 is 2.18 bits per heavy atom. The molecular formula is C13H25N3O. The molecule has 0 aromatic carbocycles. The molecule has 0 saturated carbocycles. The Labute approximate surface area is 104 Å². The lowest BCUT2D eigenvalue weighted by Gasteiger charge is -2.44. The van der Waals surface area contributed by atoms with Gasteiger partial charge in [-0.05, 0) is 39.7 Å². The van der Waals surface area contributed by atoms with Gasteiger partial charge in [0.05, 0.1) is 5.54 Å². The zero-order valence-corrected chi connectivity index (χ0v) is 11.3. The topological polar surface area (TPSA) is 49.6 Å². The maximum atomic E-state index is 12.4. The van der Waals surface area contributed by atoms with Gasteiger partial charge in [-0.3, -0.25) is 9.69 Å². The van der Waals surface area contributed by atoms with Crippen LogP contribution in [0, 0.1) is 0 Å². The fourth-order valence-corrected chi connectivity index (χ4v) is 2.95. The Balaban J connectivity index is 2.08. The number of hydrogen-bond acceptors (Lipinski definition) is 3. The number of amides is 1. The van der Waals surface area contributed by atoms with Crippen molar-refractivity contribution in [1.29, 1.82) is 0 Å². The van der Waals surface area contributed by atoms with Crippen LogP contribution in [0.25, 0.3) is 0 Å². The first kappa shape index (κ1) is 12.8. The van der Waals surface area contributed by atoms with Crippen molar-refractivity contribution in [3.05, 3.63) is 0 Å². The molecule has 0 radical (unpaired) electrons. The van der Waals surface area contributed by atoms with Gasteiger partial charge in [-0.15, -0.1) is 0 Å². The van der Waals surface area contributed by atoms with Crippen LogP contribution < -0.4 is 5.73 Å². The van der Waals surface area contributed by atoms with Crippen molar-refractivity contribution in [3.8, 4) is 0 Å². The van der Waals surface area contributed by atoms with Crippen molar-refractivity contribution in [1.82, 2.24) is 9.80 Å². The lowest BCUT2D eigenvalue weighted by molar-refractivity contribution is -0.142. The second-order valence-electron chi connectivity index (χ2n) is 5.87. The molecule has 4 nitrogen and oxygen atoms in total. The number of piperazine rings is 1. The molecule has 1 amide bonds. The van der Waals surface area contributed by atoms with Gasteiger partial charge in [0.1, 0.15) is 0 Å². The summed E-state index contributed by atoms with van der Waals surface area (Å²) in [5.41, 5.74) is 5.39. The molecule has 2 heterocycles. The minimum atomic E-state index is -0.699. The molecule has 2 aliphatic rings. The monoisotopic (exact) mass is 239 g/mol. The molecule has 17 heavy (non-hydrogen) atoms. The molecule has 0 bridgehead atoms. The zero-order chi connectivity index (χ0) is 12.6. The average molecular weight is 239 g/mol. The van der Waals surface area contributed by atoms with E-state index in [9.17, 15) is 4.79 Å². The molecule has 2 saturated heterocycles. The quantitative estimate of drug-likeness (QED) is 0.776. The molecule has 2 aliphatic heterocycles. The third-order valence-corrected chi connectivity index (χ3v) is 4.42. The highest BCUT2D eigenvalue weighted by molar-refractivity contribution is 5.86. The van der Waals surface area contributed by atoms with Crippen molar-refractivity contribution in [2.45, 2.75) is 57.7 Å². The van der Waals surface area contributed by atoms with E-state index in [1.165, 1.54) is 19.4 Å². The SMILES string of the molecule is CCC(C)(N)C(=O)N1CC2CCCN2CC1C. The lowest BCUT2D eigenvalue weighted by atomic mass is 9.96. The normalized spacial score (nSPS) is 33.3. The summed E-state index contributed by atoms with van der Waals surface area (Å²) in [5.74, 6) is 0.124. The van der Waals surface area contributed by atoms with Crippen LogP contribution in [0.4, 0.5) is 0 Å². The predicted molar refractivity (Wildman–Crippen MR) is 68.7 cm³/mol. The lowest BCUT2D eigenvalue weighted by Crippen LogP contribution is -2.62. The summed E-state index contributed by atoms with van der Waals surface area (Å²) in [6, 6.07) is 0.870. The molecule has 0 aliphatic carbocycles. The van der Waals surface area contributed by atoms with Gasteiger partial charge in [0.2, 0.25) is 5.91 Å². The van der Waals surface area contributed by atoms with Gasteiger partial charge in [0.25, 0.3) is 0 Å². The number of carbonyl (C=O) groups excluding carboxylic acids is 1. The molecule has 98 valence electrons. The van der Waals surface area contributed by atoms with E-state index in [-0.39, 0.29) is 5.91 Å². The molecule has 2 N–H and O–H groups in total. The van der Waals surface area contributed by atoms with Crippen LogP contribution in [0.2, 0.25) is 0 Å². The molecule has 0 spiro atoms. The molecule has 3 atom stereocenters. The summed E-state index contributed by atoms with van der Waals surface area (Å²) < 4.78 is 0. The van der Waals surface area contributed by atoms with Crippen molar-refractivity contribution in [2.75, 3.05) is 19.6 Å². The summed E-state index contributed by atoms with van der Waals surface area (Å²) in [6.45, 7) is 9.04. The number of fused-ring (bicyclic) bond motifs is 1. The van der Waals surface area contributed by atoms with Crippen LogP contribution in [-0.4, -0.2) is 53.0 Å². The first-order valence-corrected chi connectivity index (χ1v) is 6.79. The van der Waals surface area contributed by atoms with Gasteiger partial charge >= 0.3 is 0 Å². The first-order chi connectivity index (χ1) is 7.95. The third kappa shape index (κ3) is 2.33. The summed E-state index contributed by atoms with van der Waals surface area (Å²) in [6.07, 6.45) is 3.19. The average Bonchev–Trinajstić information content (AvgIpc) is 2.73. The van der Waals surface area contributed by atoms with E-state index in [0.717, 1.165) is 13.1 Å². The first-order valence-electron chi connectivity index (χ1n) is 6.79. The highest BCUT2D eigenvalue weighted by Gasteiger charge is 2.40. The summed E-state index contributed by atoms with van der Waals surface area (Å²) in [4.78, 5) is 17.0. The fraction of sp³-hybridized carbons (Fsp3) is 0.923. The Bertz CT molecular complexity index is 303. The second kappa shape index (κ2) is 4.58. The standard InChI is InChI=1S/C13H25N3O/c1-4-13(3,14)12(17)16-9-11-6-5-7-15(11)8-10(16)2/h10-11H,4-9,14H2,1-3H3. The number of hydrogen-bond donors (Lipinski definition) is 1. The van der Waals surface area contributed by atoms with E-state index in [1.807, 2.05) is 18.7 Å². The number of nitrogens with zero attached hydrogens (tertiary/aromatic N) is 2. The van der Waals surface area contributed by atoms with Gasteiger partial charge in [-0.1, -0.05) is 6.92 Å². The maximum Gasteiger partial charge on any atom is 0.242 e. The molecule has 2 rings (SSSR count). The Kier molecular flexibility index (Phi) is 3.46.